The summed E-state index contributed by atoms with van der Waals surface area (Å²) < 4.78 is 0. The van der Waals surface area contributed by atoms with E-state index in [1.807, 2.05) is 0 Å². The van der Waals surface area contributed by atoms with Gasteiger partial charge in [0.15, 0.2) is 0 Å². The molecule has 3 fully saturated rings. The molecule has 0 aromatic carbocycles. The van der Waals surface area contributed by atoms with Gasteiger partial charge in [-0.2, -0.15) is 0 Å². The molecule has 1 N–H and O–H groups in total. The number of hydrogen-bond acceptors (Lipinski definition) is 2. The molecule has 3 rings (SSSR count). The van der Waals surface area contributed by atoms with Crippen molar-refractivity contribution in [3.05, 3.63) is 0 Å². The van der Waals surface area contributed by atoms with Gasteiger partial charge in [0.05, 0.1) is 0 Å². The van der Waals surface area contributed by atoms with Crippen molar-refractivity contribution in [2.75, 3.05) is 33.2 Å². The van der Waals surface area contributed by atoms with Crippen molar-refractivity contribution in [1.82, 2.24) is 10.2 Å². The van der Waals surface area contributed by atoms with Gasteiger partial charge >= 0.3 is 0 Å². The fraction of sp³-hybridized carbons (Fsp3) is 1.00. The molecule has 1 aliphatic heterocycles. The van der Waals surface area contributed by atoms with Gasteiger partial charge in [-0.25, -0.2) is 0 Å². The summed E-state index contributed by atoms with van der Waals surface area (Å²) in [6.45, 7) is 5.20. The number of piperidine rings is 1. The molecule has 0 spiro atoms. The Balaban J connectivity index is 1.36. The van der Waals surface area contributed by atoms with Crippen molar-refractivity contribution in [2.45, 2.75) is 38.5 Å². The second-order valence-corrected chi connectivity index (χ2v) is 6.54. The van der Waals surface area contributed by atoms with Crippen LogP contribution in [0.25, 0.3) is 0 Å². The molecular formula is C14H26N2. The minimum absolute atomic E-state index is 0.778. The first kappa shape index (κ1) is 11.0. The molecule has 2 aliphatic carbocycles. The average Bonchev–Trinajstić information content (AvgIpc) is 3.13. The predicted octanol–water partition coefficient (Wildman–Crippen LogP) is 2.11. The van der Waals surface area contributed by atoms with E-state index in [9.17, 15) is 0 Å². The van der Waals surface area contributed by atoms with Gasteiger partial charge in [0.25, 0.3) is 0 Å². The van der Waals surface area contributed by atoms with Crippen LogP contribution in [0.3, 0.4) is 0 Å². The maximum absolute atomic E-state index is 3.77. The van der Waals surface area contributed by atoms with Crippen LogP contribution in [0.15, 0.2) is 0 Å². The molecule has 0 aromatic rings. The molecule has 0 aromatic heterocycles. The molecule has 16 heavy (non-hydrogen) atoms. The fourth-order valence-electron chi connectivity index (χ4n) is 3.55. The molecule has 2 saturated carbocycles. The predicted molar refractivity (Wildman–Crippen MR) is 67.5 cm³/mol. The fourth-order valence-corrected chi connectivity index (χ4v) is 3.55. The summed E-state index contributed by atoms with van der Waals surface area (Å²) in [7, 11) is 2.26. The minimum Gasteiger partial charge on any atom is -0.316 e. The highest BCUT2D eigenvalue weighted by atomic mass is 15.1. The Morgan fingerprint density at radius 1 is 1.25 bits per heavy atom. The highest BCUT2D eigenvalue weighted by Crippen LogP contribution is 2.60. The monoisotopic (exact) mass is 222 g/mol. The Morgan fingerprint density at radius 3 is 2.69 bits per heavy atom. The topological polar surface area (TPSA) is 15.3 Å². The SMILES string of the molecule is CN1CCCC(CNCC2(C3CC3)CC2)C1. The first-order chi connectivity index (χ1) is 7.78. The zero-order chi connectivity index (χ0) is 11.0. The number of nitrogens with one attached hydrogen (secondary N) is 1. The summed E-state index contributed by atoms with van der Waals surface area (Å²) in [6.07, 6.45) is 8.90. The van der Waals surface area contributed by atoms with E-state index >= 15 is 0 Å². The summed E-state index contributed by atoms with van der Waals surface area (Å²) in [4.78, 5) is 2.49. The van der Waals surface area contributed by atoms with Crippen molar-refractivity contribution >= 4 is 0 Å². The zero-order valence-electron chi connectivity index (χ0n) is 10.7. The van der Waals surface area contributed by atoms with Gasteiger partial charge in [0.2, 0.25) is 0 Å². The van der Waals surface area contributed by atoms with E-state index in [2.05, 4.69) is 17.3 Å². The van der Waals surface area contributed by atoms with Gasteiger partial charge in [0.1, 0.15) is 0 Å². The number of nitrogens with zero attached hydrogens (tertiary/aromatic N) is 1. The molecule has 0 amide bonds. The van der Waals surface area contributed by atoms with Crippen molar-refractivity contribution in [2.24, 2.45) is 17.3 Å². The molecular weight excluding hydrogens is 196 g/mol. The highest BCUT2D eigenvalue weighted by Gasteiger charge is 2.53. The number of hydrogen-bond donors (Lipinski definition) is 1. The van der Waals surface area contributed by atoms with Crippen molar-refractivity contribution in [1.29, 1.82) is 0 Å². The van der Waals surface area contributed by atoms with Crippen LogP contribution in [0.1, 0.15) is 38.5 Å². The Morgan fingerprint density at radius 2 is 2.06 bits per heavy atom. The lowest BCUT2D eigenvalue weighted by molar-refractivity contribution is 0.203. The van der Waals surface area contributed by atoms with Gasteiger partial charge < -0.3 is 10.2 Å². The Bertz CT molecular complexity index is 243. The van der Waals surface area contributed by atoms with Gasteiger partial charge in [-0.3, -0.25) is 0 Å². The summed E-state index contributed by atoms with van der Waals surface area (Å²) in [5, 5.41) is 3.77. The number of likely N-dealkylation sites (tertiary alicyclic amines) is 1. The number of rotatable bonds is 5. The van der Waals surface area contributed by atoms with Crippen LogP contribution in [0.4, 0.5) is 0 Å². The first-order valence-corrected chi connectivity index (χ1v) is 7.18. The van der Waals surface area contributed by atoms with Crippen LogP contribution in [0.5, 0.6) is 0 Å². The lowest BCUT2D eigenvalue weighted by atomic mass is 9.97. The van der Waals surface area contributed by atoms with E-state index in [0.29, 0.717) is 0 Å². The largest absolute Gasteiger partial charge is 0.316 e. The third-order valence-electron chi connectivity index (χ3n) is 4.97. The second-order valence-electron chi connectivity index (χ2n) is 6.54. The normalized spacial score (nSPS) is 33.9. The molecule has 92 valence electrons. The summed E-state index contributed by atoms with van der Waals surface area (Å²) in [5.41, 5.74) is 0.778. The highest BCUT2D eigenvalue weighted by molar-refractivity contribution is 5.05. The lowest BCUT2D eigenvalue weighted by Gasteiger charge is -2.30. The molecule has 1 saturated heterocycles. The molecule has 3 aliphatic rings. The van der Waals surface area contributed by atoms with Crippen molar-refractivity contribution in [3.63, 3.8) is 0 Å². The van der Waals surface area contributed by atoms with Crippen LogP contribution < -0.4 is 5.32 Å². The van der Waals surface area contributed by atoms with Crippen LogP contribution in [-0.2, 0) is 0 Å². The van der Waals surface area contributed by atoms with Gasteiger partial charge in [-0.15, -0.1) is 0 Å². The Kier molecular flexibility index (Phi) is 2.97. The van der Waals surface area contributed by atoms with Gasteiger partial charge in [-0.05, 0) is 75.9 Å². The van der Waals surface area contributed by atoms with Crippen molar-refractivity contribution < 1.29 is 0 Å². The zero-order valence-corrected chi connectivity index (χ0v) is 10.7. The quantitative estimate of drug-likeness (QED) is 0.766. The molecule has 2 nitrogen and oxygen atoms in total. The molecule has 1 atom stereocenters. The second kappa shape index (κ2) is 4.30. The van der Waals surface area contributed by atoms with E-state index in [4.69, 9.17) is 0 Å². The van der Waals surface area contributed by atoms with E-state index in [-0.39, 0.29) is 0 Å². The van der Waals surface area contributed by atoms with E-state index < -0.39 is 0 Å². The first-order valence-electron chi connectivity index (χ1n) is 7.18. The van der Waals surface area contributed by atoms with Crippen LogP contribution >= 0.6 is 0 Å². The van der Waals surface area contributed by atoms with E-state index in [0.717, 1.165) is 17.3 Å². The van der Waals surface area contributed by atoms with Gasteiger partial charge in [0, 0.05) is 13.1 Å². The molecule has 2 heteroatoms. The third-order valence-corrected chi connectivity index (χ3v) is 4.97. The maximum atomic E-state index is 3.77. The molecule has 0 bridgehead atoms. The Hall–Kier alpha value is -0.0800. The lowest BCUT2D eigenvalue weighted by Crippen LogP contribution is -2.39. The third kappa shape index (κ3) is 2.43. The van der Waals surface area contributed by atoms with Gasteiger partial charge in [-0.1, -0.05) is 0 Å². The van der Waals surface area contributed by atoms with Crippen LogP contribution in [0, 0.1) is 17.3 Å². The summed E-state index contributed by atoms with van der Waals surface area (Å²) in [6, 6.07) is 0. The molecule has 1 heterocycles. The van der Waals surface area contributed by atoms with Crippen LogP contribution in [0.2, 0.25) is 0 Å². The maximum Gasteiger partial charge on any atom is 0.00187 e. The summed E-state index contributed by atoms with van der Waals surface area (Å²) >= 11 is 0. The minimum atomic E-state index is 0.778. The molecule has 1 unspecified atom stereocenters. The smallest absolute Gasteiger partial charge is 0.00187 e. The van der Waals surface area contributed by atoms with Crippen molar-refractivity contribution in [3.8, 4) is 0 Å². The average molecular weight is 222 g/mol. The Labute approximate surface area is 99.8 Å². The van der Waals surface area contributed by atoms with E-state index in [1.54, 1.807) is 0 Å². The standard InChI is InChI=1S/C14H26N2/c1-16-8-2-3-12(10-16)9-15-11-14(6-7-14)13-4-5-13/h12-13,15H,2-11H2,1H3. The van der Waals surface area contributed by atoms with E-state index in [1.165, 1.54) is 64.7 Å². The molecule has 0 radical (unpaired) electrons. The summed E-state index contributed by atoms with van der Waals surface area (Å²) in [5.74, 6) is 2.02. The van der Waals surface area contributed by atoms with Crippen LogP contribution in [-0.4, -0.2) is 38.1 Å².